The van der Waals surface area contributed by atoms with Crippen molar-refractivity contribution in [1.29, 1.82) is 0 Å². The summed E-state index contributed by atoms with van der Waals surface area (Å²) in [5, 5.41) is 0. The third-order valence-corrected chi connectivity index (χ3v) is 5.64. The van der Waals surface area contributed by atoms with Crippen LogP contribution in [0.25, 0.3) is 17.2 Å². The Morgan fingerprint density at radius 1 is 0.840 bits per heavy atom. The van der Waals surface area contributed by atoms with Crippen molar-refractivity contribution in [2.45, 2.75) is 63.9 Å². The van der Waals surface area contributed by atoms with Crippen LogP contribution in [0.3, 0.4) is 0 Å². The van der Waals surface area contributed by atoms with E-state index in [2.05, 4.69) is 109 Å². The first-order chi connectivity index (χ1) is 11.5. The van der Waals surface area contributed by atoms with Crippen LogP contribution >= 0.6 is 0 Å². The molecule has 0 radical (unpaired) electrons. The average Bonchev–Trinajstić information content (AvgIpc) is 2.80. The second-order valence-corrected chi connectivity index (χ2v) is 9.72. The van der Waals surface area contributed by atoms with E-state index in [0.717, 1.165) is 0 Å². The predicted molar refractivity (Wildman–Crippen MR) is 111 cm³/mol. The van der Waals surface area contributed by atoms with Crippen molar-refractivity contribution in [2.75, 3.05) is 0 Å². The second-order valence-electron chi connectivity index (χ2n) is 9.72. The molecule has 25 heavy (non-hydrogen) atoms. The van der Waals surface area contributed by atoms with E-state index in [0.29, 0.717) is 4.59 Å². The van der Waals surface area contributed by atoms with Crippen molar-refractivity contribution >= 4 is 23.8 Å². The van der Waals surface area contributed by atoms with E-state index in [4.69, 9.17) is 0 Å². The molecule has 0 nitrogen and oxygen atoms in total. The number of rotatable bonds is 1. The molecule has 0 fully saturated rings. The number of hydrogen-bond donors (Lipinski definition) is 0. The summed E-state index contributed by atoms with van der Waals surface area (Å²) < 4.78 is 0.530. The maximum atomic E-state index is 2.40. The summed E-state index contributed by atoms with van der Waals surface area (Å²) in [5.41, 5.74) is 10.2. The molecule has 2 aromatic carbocycles. The van der Waals surface area contributed by atoms with Crippen molar-refractivity contribution < 1.29 is 0 Å². The van der Waals surface area contributed by atoms with E-state index < -0.39 is 0 Å². The summed E-state index contributed by atoms with van der Waals surface area (Å²) in [6, 6.07) is 14.0. The van der Waals surface area contributed by atoms with Gasteiger partial charge in [-0.1, -0.05) is 0 Å². The summed E-state index contributed by atoms with van der Waals surface area (Å²) >= 11 is 2.31. The van der Waals surface area contributed by atoms with Crippen molar-refractivity contribution in [3.63, 3.8) is 0 Å². The van der Waals surface area contributed by atoms with Gasteiger partial charge < -0.3 is 0 Å². The molecule has 0 saturated carbocycles. The van der Waals surface area contributed by atoms with Crippen LogP contribution in [0.5, 0.6) is 0 Å². The molecule has 2 aromatic rings. The fourth-order valence-corrected chi connectivity index (χ4v) is 3.62. The zero-order valence-corrected chi connectivity index (χ0v) is 17.1. The Morgan fingerprint density at radius 2 is 1.40 bits per heavy atom. The molecule has 0 amide bonds. The molecule has 1 atom stereocenters. The van der Waals surface area contributed by atoms with Gasteiger partial charge in [-0.3, -0.25) is 0 Å². The Morgan fingerprint density at radius 3 is 1.92 bits per heavy atom. The third-order valence-electron chi connectivity index (χ3n) is 5.64. The number of fused-ring (bicyclic) bond motifs is 1. The van der Waals surface area contributed by atoms with Crippen LogP contribution in [-0.4, -0.2) is 17.7 Å². The molecule has 1 aliphatic rings. The molecule has 1 aliphatic carbocycles. The molecule has 0 N–H and O–H groups in total. The first kappa shape index (κ1) is 18.6. The summed E-state index contributed by atoms with van der Waals surface area (Å²) in [6.45, 7) is 16.1. The number of allylic oxidation sites excluding steroid dienone is 1. The Balaban J connectivity index is 2.26. The van der Waals surface area contributed by atoms with Gasteiger partial charge in [-0.25, -0.2) is 0 Å². The van der Waals surface area contributed by atoms with Crippen LogP contribution in [0.4, 0.5) is 0 Å². The van der Waals surface area contributed by atoms with Gasteiger partial charge in [0, 0.05) is 0 Å². The molecule has 0 aliphatic heterocycles. The van der Waals surface area contributed by atoms with Gasteiger partial charge in [0.1, 0.15) is 0 Å². The van der Waals surface area contributed by atoms with Crippen LogP contribution in [0.1, 0.15) is 75.3 Å². The predicted octanol–water partition coefficient (Wildman–Crippen LogP) is 6.58. The molecule has 0 saturated heterocycles. The summed E-state index contributed by atoms with van der Waals surface area (Å²) in [7, 11) is 0. The van der Waals surface area contributed by atoms with Gasteiger partial charge in [-0.2, -0.15) is 0 Å². The standard InChI is InChI=1S/C24H29.Li/c1-16-11-17-9-8-10-21(22(17)12-16)18-13-19(23(2,3)4)15-20(14-18)24(5,6)7;/h8-15H,1-7H3;. The Hall–Kier alpha value is -1.22. The van der Waals surface area contributed by atoms with E-state index in [9.17, 15) is 0 Å². The van der Waals surface area contributed by atoms with Crippen molar-refractivity contribution in [3.8, 4) is 11.1 Å². The van der Waals surface area contributed by atoms with E-state index in [1.807, 2.05) is 0 Å². The van der Waals surface area contributed by atoms with E-state index in [1.54, 1.807) is 0 Å². The van der Waals surface area contributed by atoms with Crippen molar-refractivity contribution in [2.24, 2.45) is 0 Å². The monoisotopic (exact) mass is 324 g/mol. The first-order valence-electron chi connectivity index (χ1n) is 9.46. The minimum absolute atomic E-state index is 0.146. The van der Waals surface area contributed by atoms with Crippen LogP contribution in [0, 0.1) is 0 Å². The zero-order chi connectivity index (χ0) is 18.6. The van der Waals surface area contributed by atoms with Crippen LogP contribution < -0.4 is 0 Å². The summed E-state index contributed by atoms with van der Waals surface area (Å²) in [5.74, 6) is 0. The Bertz CT molecular complexity index is 809. The maximum absolute atomic E-state index is 2.40. The van der Waals surface area contributed by atoms with E-state index in [1.165, 1.54) is 39.0 Å². The summed E-state index contributed by atoms with van der Waals surface area (Å²) in [6.07, 6.45) is 2.38. The molecule has 1 heteroatoms. The Kier molecular flexibility index (Phi) is 4.60. The molecule has 0 heterocycles. The van der Waals surface area contributed by atoms with Gasteiger partial charge in [0.2, 0.25) is 0 Å². The molecule has 0 aromatic heterocycles. The number of hydrogen-bond acceptors (Lipinski definition) is 0. The van der Waals surface area contributed by atoms with E-state index >= 15 is 0 Å². The molecular formula is C24H29Li. The van der Waals surface area contributed by atoms with Crippen molar-refractivity contribution in [1.82, 2.24) is 0 Å². The molecule has 0 bridgehead atoms. The third kappa shape index (κ3) is 3.53. The molecule has 3 rings (SSSR count). The van der Waals surface area contributed by atoms with Gasteiger partial charge in [-0.15, -0.1) is 0 Å². The molecule has 0 spiro atoms. The fraction of sp³-hybridized carbons (Fsp3) is 0.417. The van der Waals surface area contributed by atoms with Gasteiger partial charge in [-0.05, 0) is 0 Å². The second kappa shape index (κ2) is 6.19. The SMILES string of the molecule is [Li][CH]1C(C)=Cc2c(-c3cc(C(C)(C)C)cc(C(C)(C)C)c3)cccc21. The normalized spacial score (nSPS) is 17.5. The van der Waals surface area contributed by atoms with E-state index in [-0.39, 0.29) is 10.8 Å². The topological polar surface area (TPSA) is 0 Å². The molecule has 126 valence electrons. The van der Waals surface area contributed by atoms with Gasteiger partial charge in [0.15, 0.2) is 0 Å². The molecular weight excluding hydrogens is 295 g/mol. The van der Waals surface area contributed by atoms with Crippen LogP contribution in [0.2, 0.25) is 0 Å². The first-order valence-corrected chi connectivity index (χ1v) is 9.46. The fourth-order valence-electron chi connectivity index (χ4n) is 3.62. The van der Waals surface area contributed by atoms with Gasteiger partial charge >= 0.3 is 163 Å². The van der Waals surface area contributed by atoms with Crippen LogP contribution in [0.15, 0.2) is 42.0 Å². The average molecular weight is 324 g/mol. The van der Waals surface area contributed by atoms with Crippen molar-refractivity contribution in [3.05, 3.63) is 64.2 Å². The zero-order valence-electron chi connectivity index (χ0n) is 17.1. The number of benzene rings is 2. The quantitative estimate of drug-likeness (QED) is 0.520. The molecule has 1 unspecified atom stereocenters. The minimum atomic E-state index is 0.146. The summed E-state index contributed by atoms with van der Waals surface area (Å²) in [4.78, 5) is 0. The van der Waals surface area contributed by atoms with Gasteiger partial charge in [0.25, 0.3) is 0 Å². The van der Waals surface area contributed by atoms with Crippen LogP contribution in [-0.2, 0) is 10.8 Å². The Labute approximate surface area is 162 Å². The van der Waals surface area contributed by atoms with Gasteiger partial charge in [0.05, 0.1) is 0 Å².